The molecule has 178 valence electrons. The molecule has 2 aromatic rings. The quantitative estimate of drug-likeness (QED) is 0.561. The van der Waals surface area contributed by atoms with Gasteiger partial charge in [0.05, 0.1) is 10.6 Å². The Balaban J connectivity index is 1.69. The van der Waals surface area contributed by atoms with E-state index in [1.54, 1.807) is 30.3 Å². The van der Waals surface area contributed by atoms with Crippen molar-refractivity contribution < 1.29 is 17.9 Å². The Labute approximate surface area is 197 Å². The summed E-state index contributed by atoms with van der Waals surface area (Å²) in [5.74, 6) is -0.247. The van der Waals surface area contributed by atoms with Crippen LogP contribution in [-0.4, -0.2) is 38.4 Å². The molecule has 0 aliphatic heterocycles. The summed E-state index contributed by atoms with van der Waals surface area (Å²) in [6.07, 6.45) is 3.40. The third-order valence-electron chi connectivity index (χ3n) is 5.98. The molecule has 1 amide bonds. The van der Waals surface area contributed by atoms with E-state index in [-0.39, 0.29) is 35.3 Å². The zero-order valence-electron chi connectivity index (χ0n) is 19.4. The molecule has 33 heavy (non-hydrogen) atoms. The molecule has 6 nitrogen and oxygen atoms in total. The van der Waals surface area contributed by atoms with Crippen LogP contribution in [-0.2, 0) is 21.2 Å². The number of hydrogen-bond donors (Lipinski definition) is 2. The fourth-order valence-electron chi connectivity index (χ4n) is 4.37. The SMILES string of the molecule is C=Cc1ccc(S(=O)(=O)C[C@@H]2C[C@H](NC(C)C)CC[C@@H]2NC(=O)OCc2ccccc2)cc1. The van der Waals surface area contributed by atoms with Gasteiger partial charge in [-0.05, 0) is 48.4 Å². The molecule has 0 heterocycles. The molecule has 0 saturated heterocycles. The maximum atomic E-state index is 13.2. The summed E-state index contributed by atoms with van der Waals surface area (Å²) < 4.78 is 31.7. The van der Waals surface area contributed by atoms with E-state index < -0.39 is 15.9 Å². The lowest BCUT2D eigenvalue weighted by Gasteiger charge is -2.37. The highest BCUT2D eigenvalue weighted by Gasteiger charge is 2.35. The van der Waals surface area contributed by atoms with Crippen LogP contribution in [0.2, 0.25) is 0 Å². The average Bonchev–Trinajstić information content (AvgIpc) is 2.79. The van der Waals surface area contributed by atoms with E-state index in [1.807, 2.05) is 30.3 Å². The van der Waals surface area contributed by atoms with Crippen molar-refractivity contribution in [1.82, 2.24) is 10.6 Å². The maximum absolute atomic E-state index is 13.2. The number of carbonyl (C=O) groups excluding carboxylic acids is 1. The molecule has 3 atom stereocenters. The summed E-state index contributed by atoms with van der Waals surface area (Å²) in [5.41, 5.74) is 1.77. The first-order chi connectivity index (χ1) is 15.8. The molecule has 7 heteroatoms. The number of rotatable bonds is 9. The van der Waals surface area contributed by atoms with Crippen LogP contribution in [0.4, 0.5) is 4.79 Å². The Hall–Kier alpha value is -2.64. The lowest BCUT2D eigenvalue weighted by atomic mass is 9.82. The minimum absolute atomic E-state index is 0.0274. The van der Waals surface area contributed by atoms with Crippen molar-refractivity contribution in [2.75, 3.05) is 5.75 Å². The molecule has 3 rings (SSSR count). The highest BCUT2D eigenvalue weighted by Crippen LogP contribution is 2.29. The molecular formula is C26H34N2O4S. The Morgan fingerprint density at radius 1 is 1.12 bits per heavy atom. The zero-order chi connectivity index (χ0) is 23.8. The fourth-order valence-corrected chi connectivity index (χ4v) is 6.04. The molecule has 0 spiro atoms. The number of amides is 1. The third kappa shape index (κ3) is 7.44. The Kier molecular flexibility index (Phi) is 8.69. The number of hydrogen-bond acceptors (Lipinski definition) is 5. The molecule has 1 fully saturated rings. The van der Waals surface area contributed by atoms with E-state index in [1.165, 1.54) is 0 Å². The topological polar surface area (TPSA) is 84.5 Å². The van der Waals surface area contributed by atoms with Gasteiger partial charge in [0.1, 0.15) is 6.61 Å². The minimum Gasteiger partial charge on any atom is -0.445 e. The largest absolute Gasteiger partial charge is 0.445 e. The number of benzene rings is 2. The molecule has 2 aromatic carbocycles. The standard InChI is InChI=1S/C26H34N2O4S/c1-4-20-10-13-24(14-11-20)33(30,31)18-22-16-23(27-19(2)3)12-15-25(22)28-26(29)32-17-21-8-6-5-7-9-21/h4-11,13-14,19,22-23,25,27H,1,12,15-18H2,2-3H3,(H,28,29)/t22-,23+,25-/m0/s1. The van der Waals surface area contributed by atoms with Gasteiger partial charge in [0.25, 0.3) is 0 Å². The molecule has 1 aliphatic carbocycles. The van der Waals surface area contributed by atoms with Gasteiger partial charge >= 0.3 is 6.09 Å². The molecule has 0 aromatic heterocycles. The predicted molar refractivity (Wildman–Crippen MR) is 132 cm³/mol. The van der Waals surface area contributed by atoms with Gasteiger partial charge in [0.15, 0.2) is 9.84 Å². The summed E-state index contributed by atoms with van der Waals surface area (Å²) >= 11 is 0. The average molecular weight is 471 g/mol. The summed E-state index contributed by atoms with van der Waals surface area (Å²) in [4.78, 5) is 12.8. The third-order valence-corrected chi connectivity index (χ3v) is 7.83. The number of carbonyl (C=O) groups is 1. The first-order valence-electron chi connectivity index (χ1n) is 11.5. The molecular weight excluding hydrogens is 436 g/mol. The smallest absolute Gasteiger partial charge is 0.407 e. The monoisotopic (exact) mass is 470 g/mol. The number of sulfone groups is 1. The first kappa shape index (κ1) is 25.0. The lowest BCUT2D eigenvalue weighted by Crippen LogP contribution is -2.50. The number of alkyl carbamates (subject to hydrolysis) is 1. The first-order valence-corrected chi connectivity index (χ1v) is 13.1. The van der Waals surface area contributed by atoms with E-state index in [9.17, 15) is 13.2 Å². The van der Waals surface area contributed by atoms with Crippen LogP contribution in [0, 0.1) is 5.92 Å². The van der Waals surface area contributed by atoms with Gasteiger partial charge in [-0.15, -0.1) is 0 Å². The van der Waals surface area contributed by atoms with Gasteiger partial charge in [-0.25, -0.2) is 13.2 Å². The lowest BCUT2D eigenvalue weighted by molar-refractivity contribution is 0.125. The summed E-state index contributed by atoms with van der Waals surface area (Å²) in [5, 5.41) is 6.46. The molecule has 1 aliphatic rings. The molecule has 0 radical (unpaired) electrons. The van der Waals surface area contributed by atoms with Gasteiger partial charge in [0.2, 0.25) is 0 Å². The molecule has 0 unspecified atom stereocenters. The summed E-state index contributed by atoms with van der Waals surface area (Å²) in [6.45, 7) is 8.05. The maximum Gasteiger partial charge on any atom is 0.407 e. The van der Waals surface area contributed by atoms with Crippen molar-refractivity contribution in [3.8, 4) is 0 Å². The van der Waals surface area contributed by atoms with Crippen molar-refractivity contribution in [3.63, 3.8) is 0 Å². The molecule has 2 N–H and O–H groups in total. The van der Waals surface area contributed by atoms with Crippen LogP contribution in [0.15, 0.2) is 66.1 Å². The van der Waals surface area contributed by atoms with E-state index in [2.05, 4.69) is 31.1 Å². The molecule has 1 saturated carbocycles. The van der Waals surface area contributed by atoms with E-state index in [4.69, 9.17) is 4.74 Å². The van der Waals surface area contributed by atoms with E-state index in [0.717, 1.165) is 17.5 Å². The van der Waals surface area contributed by atoms with Gasteiger partial charge in [-0.3, -0.25) is 0 Å². The van der Waals surface area contributed by atoms with Crippen LogP contribution in [0.5, 0.6) is 0 Å². The summed E-state index contributed by atoms with van der Waals surface area (Å²) in [7, 11) is -3.51. The van der Waals surface area contributed by atoms with Crippen LogP contribution >= 0.6 is 0 Å². The van der Waals surface area contributed by atoms with E-state index in [0.29, 0.717) is 18.9 Å². The number of ether oxygens (including phenoxy) is 1. The fraction of sp³-hybridized carbons (Fsp3) is 0.423. The zero-order valence-corrected chi connectivity index (χ0v) is 20.2. The van der Waals surface area contributed by atoms with Crippen molar-refractivity contribution in [1.29, 1.82) is 0 Å². The highest BCUT2D eigenvalue weighted by molar-refractivity contribution is 7.91. The normalized spacial score (nSPS) is 20.9. The number of nitrogens with one attached hydrogen (secondary N) is 2. The minimum atomic E-state index is -3.51. The van der Waals surface area contributed by atoms with Crippen molar-refractivity contribution in [2.45, 2.75) is 62.7 Å². The predicted octanol–water partition coefficient (Wildman–Crippen LogP) is 4.57. The van der Waals surface area contributed by atoms with Crippen molar-refractivity contribution in [3.05, 3.63) is 72.3 Å². The van der Waals surface area contributed by atoms with Crippen LogP contribution in [0.1, 0.15) is 44.2 Å². The Bertz CT molecular complexity index is 1020. The summed E-state index contributed by atoms with van der Waals surface area (Å²) in [6, 6.07) is 16.5. The second kappa shape index (κ2) is 11.5. The van der Waals surface area contributed by atoms with Gasteiger partial charge < -0.3 is 15.4 Å². The highest BCUT2D eigenvalue weighted by atomic mass is 32.2. The van der Waals surface area contributed by atoms with E-state index >= 15 is 0 Å². The second-order valence-electron chi connectivity index (χ2n) is 8.96. The van der Waals surface area contributed by atoms with Crippen LogP contribution in [0.3, 0.4) is 0 Å². The Morgan fingerprint density at radius 2 is 1.82 bits per heavy atom. The molecule has 0 bridgehead atoms. The van der Waals surface area contributed by atoms with Crippen LogP contribution < -0.4 is 10.6 Å². The van der Waals surface area contributed by atoms with Crippen molar-refractivity contribution in [2.24, 2.45) is 5.92 Å². The van der Waals surface area contributed by atoms with Crippen molar-refractivity contribution >= 4 is 22.0 Å². The second-order valence-corrected chi connectivity index (χ2v) is 11.0. The Morgan fingerprint density at radius 3 is 2.45 bits per heavy atom. The van der Waals surface area contributed by atoms with Crippen LogP contribution in [0.25, 0.3) is 6.08 Å². The van der Waals surface area contributed by atoms with Gasteiger partial charge in [-0.1, -0.05) is 69.0 Å². The van der Waals surface area contributed by atoms with Gasteiger partial charge in [0, 0.05) is 18.1 Å². The van der Waals surface area contributed by atoms with Gasteiger partial charge in [-0.2, -0.15) is 0 Å².